The summed E-state index contributed by atoms with van der Waals surface area (Å²) in [5, 5.41) is 5.16. The summed E-state index contributed by atoms with van der Waals surface area (Å²) < 4.78 is 11.3. The largest absolute Gasteiger partial charge is 0.462 e. The van der Waals surface area contributed by atoms with Crippen LogP contribution in [-0.2, 0) is 27.7 Å². The van der Waals surface area contributed by atoms with Crippen molar-refractivity contribution in [1.82, 2.24) is 14.8 Å². The molecule has 0 saturated carbocycles. The highest BCUT2D eigenvalue weighted by atomic mass is 16.5. The van der Waals surface area contributed by atoms with Gasteiger partial charge in [-0.05, 0) is 32.4 Å². The summed E-state index contributed by atoms with van der Waals surface area (Å²) in [7, 11) is 1.50. The first-order valence-corrected chi connectivity index (χ1v) is 9.74. The maximum atomic E-state index is 12.6. The van der Waals surface area contributed by atoms with Gasteiger partial charge < -0.3 is 14.5 Å². The molecule has 162 valence electrons. The molecule has 9 heteroatoms. The molecule has 0 saturated heterocycles. The number of ether oxygens (including phenoxy) is 2. The Morgan fingerprint density at radius 3 is 2.45 bits per heavy atom. The Labute approximate surface area is 178 Å². The van der Waals surface area contributed by atoms with E-state index in [1.54, 1.807) is 45.0 Å². The lowest BCUT2D eigenvalue weighted by atomic mass is 10.1. The zero-order valence-electron chi connectivity index (χ0n) is 17.8. The minimum absolute atomic E-state index is 0.194. The molecule has 9 nitrogen and oxygen atoms in total. The van der Waals surface area contributed by atoms with Gasteiger partial charge in [0, 0.05) is 18.1 Å². The summed E-state index contributed by atoms with van der Waals surface area (Å²) in [4.78, 5) is 52.1. The minimum atomic E-state index is -0.656. The first-order chi connectivity index (χ1) is 14.7. The van der Waals surface area contributed by atoms with E-state index in [1.807, 2.05) is 0 Å². The monoisotopic (exact) mass is 425 g/mol. The van der Waals surface area contributed by atoms with Gasteiger partial charge in [-0.15, -0.1) is 0 Å². The predicted molar refractivity (Wildman–Crippen MR) is 112 cm³/mol. The summed E-state index contributed by atoms with van der Waals surface area (Å²) >= 11 is 0. The van der Waals surface area contributed by atoms with Gasteiger partial charge in [-0.1, -0.05) is 18.2 Å². The van der Waals surface area contributed by atoms with E-state index < -0.39 is 24.3 Å². The first-order valence-electron chi connectivity index (χ1n) is 9.74. The van der Waals surface area contributed by atoms with Crippen LogP contribution in [0, 0.1) is 13.8 Å². The summed E-state index contributed by atoms with van der Waals surface area (Å²) in [5.41, 5.74) is 1.56. The Kier molecular flexibility index (Phi) is 6.33. The SMILES string of the molecule is CCOC(=O)c1c(C)[nH]c(C(=O)COC(=O)Cc2nn(C)c(=O)c3ccccc23)c1C. The molecule has 0 bridgehead atoms. The molecule has 0 aliphatic heterocycles. The number of hydrogen-bond donors (Lipinski definition) is 1. The van der Waals surface area contributed by atoms with Crippen LogP contribution >= 0.6 is 0 Å². The van der Waals surface area contributed by atoms with Crippen molar-refractivity contribution in [3.63, 3.8) is 0 Å². The van der Waals surface area contributed by atoms with E-state index in [2.05, 4.69) is 10.1 Å². The lowest BCUT2D eigenvalue weighted by Gasteiger charge is -2.08. The van der Waals surface area contributed by atoms with Crippen LogP contribution < -0.4 is 5.56 Å². The summed E-state index contributed by atoms with van der Waals surface area (Å²) in [5.74, 6) is -1.64. The zero-order valence-corrected chi connectivity index (χ0v) is 17.8. The Balaban J connectivity index is 1.73. The third-order valence-corrected chi connectivity index (χ3v) is 4.90. The number of benzene rings is 1. The highest BCUT2D eigenvalue weighted by molar-refractivity contribution is 6.02. The molecule has 2 heterocycles. The molecule has 0 fully saturated rings. The molecule has 0 spiro atoms. The van der Waals surface area contributed by atoms with E-state index in [0.717, 1.165) is 4.68 Å². The van der Waals surface area contributed by atoms with Gasteiger partial charge in [0.2, 0.25) is 5.78 Å². The van der Waals surface area contributed by atoms with Crippen LogP contribution in [0.25, 0.3) is 10.8 Å². The van der Waals surface area contributed by atoms with Crippen LogP contribution in [0.15, 0.2) is 29.1 Å². The first kappa shape index (κ1) is 21.9. The van der Waals surface area contributed by atoms with Crippen molar-refractivity contribution >= 4 is 28.5 Å². The number of ketones is 1. The van der Waals surface area contributed by atoms with E-state index in [4.69, 9.17) is 9.47 Å². The van der Waals surface area contributed by atoms with Crippen molar-refractivity contribution in [2.75, 3.05) is 13.2 Å². The molecular weight excluding hydrogens is 402 g/mol. The predicted octanol–water partition coefficient (Wildman–Crippen LogP) is 2.02. The molecule has 2 aromatic heterocycles. The molecule has 3 rings (SSSR count). The molecule has 3 aromatic rings. The van der Waals surface area contributed by atoms with Gasteiger partial charge in [-0.2, -0.15) is 5.10 Å². The number of carbonyl (C=O) groups excluding carboxylic acids is 3. The van der Waals surface area contributed by atoms with Crippen molar-refractivity contribution in [2.24, 2.45) is 7.05 Å². The number of hydrogen-bond acceptors (Lipinski definition) is 7. The molecule has 0 amide bonds. The number of fused-ring (bicyclic) bond motifs is 1. The summed E-state index contributed by atoms with van der Waals surface area (Å²) in [6.07, 6.45) is -0.196. The third kappa shape index (κ3) is 4.40. The lowest BCUT2D eigenvalue weighted by molar-refractivity contribution is -0.141. The Hall–Kier alpha value is -3.75. The van der Waals surface area contributed by atoms with E-state index >= 15 is 0 Å². The average molecular weight is 425 g/mol. The van der Waals surface area contributed by atoms with E-state index in [9.17, 15) is 19.2 Å². The molecule has 0 aliphatic carbocycles. The van der Waals surface area contributed by atoms with Gasteiger partial charge in [0.25, 0.3) is 5.56 Å². The van der Waals surface area contributed by atoms with Gasteiger partial charge in [-0.3, -0.25) is 14.4 Å². The highest BCUT2D eigenvalue weighted by Crippen LogP contribution is 2.20. The number of aromatic amines is 1. The van der Waals surface area contributed by atoms with Crippen molar-refractivity contribution < 1.29 is 23.9 Å². The smallest absolute Gasteiger partial charge is 0.340 e. The number of H-pyrrole nitrogens is 1. The van der Waals surface area contributed by atoms with Gasteiger partial charge in [0.15, 0.2) is 6.61 Å². The minimum Gasteiger partial charge on any atom is -0.462 e. The second-order valence-electron chi connectivity index (χ2n) is 7.03. The maximum absolute atomic E-state index is 12.6. The van der Waals surface area contributed by atoms with Crippen molar-refractivity contribution in [3.05, 3.63) is 62.8 Å². The molecule has 31 heavy (non-hydrogen) atoms. The van der Waals surface area contributed by atoms with Gasteiger partial charge in [0.1, 0.15) is 0 Å². The molecular formula is C22H23N3O6. The second-order valence-corrected chi connectivity index (χ2v) is 7.03. The summed E-state index contributed by atoms with van der Waals surface area (Å²) in [6.45, 7) is 4.72. The second kappa shape index (κ2) is 8.95. The quantitative estimate of drug-likeness (QED) is 0.454. The Bertz CT molecular complexity index is 1240. The molecule has 0 atom stereocenters. The fourth-order valence-corrected chi connectivity index (χ4v) is 3.45. The van der Waals surface area contributed by atoms with Gasteiger partial charge >= 0.3 is 11.9 Å². The third-order valence-electron chi connectivity index (χ3n) is 4.90. The van der Waals surface area contributed by atoms with Crippen molar-refractivity contribution in [3.8, 4) is 0 Å². The number of aryl methyl sites for hydroxylation is 2. The summed E-state index contributed by atoms with van der Waals surface area (Å²) in [6, 6.07) is 6.85. The Morgan fingerprint density at radius 1 is 1.10 bits per heavy atom. The lowest BCUT2D eigenvalue weighted by Crippen LogP contribution is -2.23. The topological polar surface area (TPSA) is 120 Å². The number of carbonyl (C=O) groups is 3. The number of aromatic nitrogens is 3. The van der Waals surface area contributed by atoms with E-state index in [-0.39, 0.29) is 24.3 Å². The normalized spacial score (nSPS) is 10.8. The maximum Gasteiger partial charge on any atom is 0.340 e. The van der Waals surface area contributed by atoms with Gasteiger partial charge in [-0.25, -0.2) is 9.48 Å². The number of rotatable bonds is 7. The van der Waals surface area contributed by atoms with Crippen LogP contribution in [0.2, 0.25) is 0 Å². The fraction of sp³-hybridized carbons (Fsp3) is 0.318. The zero-order chi connectivity index (χ0) is 22.7. The molecule has 1 N–H and O–H groups in total. The van der Waals surface area contributed by atoms with E-state index in [0.29, 0.717) is 33.3 Å². The van der Waals surface area contributed by atoms with Crippen LogP contribution in [0.1, 0.15) is 44.7 Å². The van der Waals surface area contributed by atoms with E-state index in [1.165, 1.54) is 7.05 Å². The van der Waals surface area contributed by atoms with Crippen LogP contribution in [0.3, 0.4) is 0 Å². The number of nitrogens with zero attached hydrogens (tertiary/aromatic N) is 2. The number of Topliss-reactive ketones (excluding diaryl/α,β-unsaturated/α-hetero) is 1. The molecule has 0 radical (unpaired) electrons. The Morgan fingerprint density at radius 2 is 1.77 bits per heavy atom. The van der Waals surface area contributed by atoms with Crippen LogP contribution in [0.4, 0.5) is 0 Å². The molecule has 1 aromatic carbocycles. The highest BCUT2D eigenvalue weighted by Gasteiger charge is 2.23. The molecule has 0 aliphatic rings. The standard InChI is InChI=1S/C22H23N3O6/c1-5-30-22(29)19-12(2)20(23-13(19)3)17(26)11-31-18(27)10-16-14-8-6-7-9-15(14)21(28)25(4)24-16/h6-9,23H,5,10-11H2,1-4H3. The molecule has 0 unspecified atom stereocenters. The van der Waals surface area contributed by atoms with Crippen LogP contribution in [-0.4, -0.2) is 45.7 Å². The van der Waals surface area contributed by atoms with Crippen LogP contribution in [0.5, 0.6) is 0 Å². The van der Waals surface area contributed by atoms with Gasteiger partial charge in [0.05, 0.1) is 35.4 Å². The van der Waals surface area contributed by atoms with Crippen molar-refractivity contribution in [2.45, 2.75) is 27.2 Å². The van der Waals surface area contributed by atoms with Crippen molar-refractivity contribution in [1.29, 1.82) is 0 Å². The fourth-order valence-electron chi connectivity index (χ4n) is 3.45. The average Bonchev–Trinajstić information content (AvgIpc) is 3.04. The number of nitrogens with one attached hydrogen (secondary N) is 1. The number of esters is 2.